The van der Waals surface area contributed by atoms with E-state index >= 15 is 0 Å². The van der Waals surface area contributed by atoms with Crippen LogP contribution in [0.4, 0.5) is 20.1 Å². The van der Waals surface area contributed by atoms with Crippen LogP contribution in [0.2, 0.25) is 0 Å². The maximum atomic E-state index is 14.9. The second-order valence-corrected chi connectivity index (χ2v) is 16.3. The number of benzene rings is 3. The molecule has 17 heteroatoms. The third-order valence-electron chi connectivity index (χ3n) is 6.85. The number of carbonyl (C=O) groups is 3. The Labute approximate surface area is 339 Å². The lowest BCUT2D eigenvalue weighted by molar-refractivity contribution is 0.00977. The summed E-state index contributed by atoms with van der Waals surface area (Å²) in [4.78, 5) is 42.8. The maximum absolute atomic E-state index is 14.9. The van der Waals surface area contributed by atoms with Gasteiger partial charge in [0.2, 0.25) is 5.96 Å². The molecule has 3 N–H and O–H groups in total. The molecule has 0 aliphatic heterocycles. The molecule has 0 aliphatic carbocycles. The number of amides is 3. The van der Waals surface area contributed by atoms with Crippen molar-refractivity contribution in [2.75, 3.05) is 46.2 Å². The summed E-state index contributed by atoms with van der Waals surface area (Å²) >= 11 is 0. The molecule has 16 nitrogen and oxygen atoms in total. The summed E-state index contributed by atoms with van der Waals surface area (Å²) < 4.78 is 59.0. The van der Waals surface area contributed by atoms with Gasteiger partial charge in [0, 0.05) is 6.42 Å². The van der Waals surface area contributed by atoms with Crippen LogP contribution in [0.25, 0.3) is 0 Å². The Balaban J connectivity index is 1.82. The van der Waals surface area contributed by atoms with Crippen molar-refractivity contribution in [2.24, 2.45) is 4.99 Å². The van der Waals surface area contributed by atoms with Crippen LogP contribution in [-0.2, 0) is 39.4 Å². The number of para-hydroxylation sites is 2. The minimum absolute atomic E-state index is 0.0614. The minimum atomic E-state index is -4.29. The van der Waals surface area contributed by atoms with Crippen molar-refractivity contribution in [2.45, 2.75) is 64.9 Å². The number of guanidine groups is 1. The quantitative estimate of drug-likeness (QED) is 0.0273. The van der Waals surface area contributed by atoms with Gasteiger partial charge in [0.05, 0.1) is 38.7 Å². The number of aliphatic imine (C=N–C) groups is 1. The van der Waals surface area contributed by atoms with Crippen molar-refractivity contribution in [1.82, 2.24) is 16.0 Å². The van der Waals surface area contributed by atoms with Crippen molar-refractivity contribution < 1.29 is 56.4 Å². The zero-order valence-electron chi connectivity index (χ0n) is 33.7. The van der Waals surface area contributed by atoms with E-state index in [1.165, 1.54) is 0 Å². The Hall–Kier alpha value is -5.59. The summed E-state index contributed by atoms with van der Waals surface area (Å²) in [5.74, 6) is 1.33. The van der Waals surface area contributed by atoms with Gasteiger partial charge in [-0.3, -0.25) is 10.6 Å². The van der Waals surface area contributed by atoms with E-state index < -0.39 is 42.9 Å². The molecular weight excluding hydrogens is 771 g/mol. The van der Waals surface area contributed by atoms with E-state index in [2.05, 4.69) is 26.9 Å². The minimum Gasteiger partial charge on any atom is -0.447 e. The number of hydrogen-bond acceptors (Lipinski definition) is 13. The summed E-state index contributed by atoms with van der Waals surface area (Å²) in [6.45, 7) is 11.6. The predicted octanol–water partition coefficient (Wildman–Crippen LogP) is 7.35. The maximum Gasteiger partial charge on any atom is 0.453 e. The highest BCUT2D eigenvalue weighted by molar-refractivity contribution is 7.55. The van der Waals surface area contributed by atoms with Crippen molar-refractivity contribution in [3.8, 4) is 23.8 Å². The summed E-state index contributed by atoms with van der Waals surface area (Å²) in [5.41, 5.74) is -0.763. The molecule has 3 amide bonds. The van der Waals surface area contributed by atoms with Crippen LogP contribution in [0.15, 0.2) is 89.9 Å². The van der Waals surface area contributed by atoms with Crippen LogP contribution in [0.1, 0.15) is 47.1 Å². The molecule has 0 fully saturated rings. The van der Waals surface area contributed by atoms with Gasteiger partial charge in [-0.1, -0.05) is 54.5 Å². The van der Waals surface area contributed by atoms with Crippen molar-refractivity contribution in [1.29, 1.82) is 0 Å². The van der Waals surface area contributed by atoms with Crippen LogP contribution >= 0.6 is 7.60 Å². The molecule has 1 unspecified atom stereocenters. The number of ether oxygens (including phenoxy) is 6. The third kappa shape index (κ3) is 19.5. The SMILES string of the molecule is C#CCOCCOCCOCCOC(=O)NC(Cc1ccc(N=C(NC(=O)OC(C)(C)C)NC(=O)OC(C)(C)C)cc1)P(=O)(Oc1ccccc1)Oc1ccccc1. The van der Waals surface area contributed by atoms with Gasteiger partial charge in [0.1, 0.15) is 35.9 Å². The molecule has 0 saturated carbocycles. The van der Waals surface area contributed by atoms with E-state index in [9.17, 15) is 18.9 Å². The van der Waals surface area contributed by atoms with Crippen LogP contribution < -0.4 is 25.0 Å². The van der Waals surface area contributed by atoms with Crippen molar-refractivity contribution in [3.05, 3.63) is 90.5 Å². The number of nitrogens with one attached hydrogen (secondary N) is 3. The first-order chi connectivity index (χ1) is 27.5. The van der Waals surface area contributed by atoms with Gasteiger partial charge < -0.3 is 42.8 Å². The average molecular weight is 825 g/mol. The lowest BCUT2D eigenvalue weighted by Crippen LogP contribution is -2.47. The number of alkyl carbamates (subject to hydrolysis) is 3. The van der Waals surface area contributed by atoms with E-state index in [1.807, 2.05) is 0 Å². The molecule has 3 aromatic carbocycles. The Morgan fingerprint density at radius 1 is 0.672 bits per heavy atom. The van der Waals surface area contributed by atoms with Gasteiger partial charge in [-0.2, -0.15) is 0 Å². The first-order valence-electron chi connectivity index (χ1n) is 18.4. The molecule has 3 aromatic rings. The van der Waals surface area contributed by atoms with Gasteiger partial charge >= 0.3 is 25.9 Å². The predicted molar refractivity (Wildman–Crippen MR) is 217 cm³/mol. The highest BCUT2D eigenvalue weighted by Crippen LogP contribution is 2.53. The zero-order chi connectivity index (χ0) is 42.4. The standard InChI is InChI=1S/C41H53N4O12P/c1-8-23-50-24-25-51-26-27-52-28-29-53-37(46)43-35(58(49,56-33-15-11-9-12-16-33)57-34-17-13-10-14-18-34)30-31-19-21-32(22-20-31)42-36(44-38(47)54-40(2,3)4)45-39(48)55-41(5,6)7/h1,9-22,35H,23-30H2,2-7H3,(H,43,46)(H2,42,44,45,47,48). The molecule has 0 heterocycles. The normalized spacial score (nSPS) is 11.9. The van der Waals surface area contributed by atoms with E-state index in [1.54, 1.807) is 126 Å². The molecule has 1 atom stereocenters. The monoisotopic (exact) mass is 824 g/mol. The second kappa shape index (κ2) is 23.6. The molecule has 314 valence electrons. The topological polar surface area (TPSA) is 191 Å². The molecule has 0 aliphatic rings. The fourth-order valence-electron chi connectivity index (χ4n) is 4.53. The van der Waals surface area contributed by atoms with Crippen molar-refractivity contribution >= 4 is 37.5 Å². The van der Waals surface area contributed by atoms with Gasteiger partial charge in [0.15, 0.2) is 5.78 Å². The lowest BCUT2D eigenvalue weighted by atomic mass is 10.1. The number of rotatable bonds is 19. The average Bonchev–Trinajstić information content (AvgIpc) is 3.13. The molecule has 58 heavy (non-hydrogen) atoms. The Morgan fingerprint density at radius 2 is 1.14 bits per heavy atom. The highest BCUT2D eigenvalue weighted by Gasteiger charge is 2.41. The summed E-state index contributed by atoms with van der Waals surface area (Å²) in [6, 6.07) is 23.3. The van der Waals surface area contributed by atoms with Gasteiger partial charge in [-0.25, -0.2) is 23.9 Å². The second-order valence-electron chi connectivity index (χ2n) is 14.2. The van der Waals surface area contributed by atoms with E-state index in [-0.39, 0.29) is 50.3 Å². The summed E-state index contributed by atoms with van der Waals surface area (Å²) in [5, 5.41) is 7.55. The molecule has 0 bridgehead atoms. The smallest absolute Gasteiger partial charge is 0.447 e. The van der Waals surface area contributed by atoms with Gasteiger partial charge in [-0.05, 0) is 83.5 Å². The fourth-order valence-corrected chi connectivity index (χ4v) is 6.35. The van der Waals surface area contributed by atoms with Crippen molar-refractivity contribution in [3.63, 3.8) is 0 Å². The molecule has 3 rings (SSSR count). The molecule has 0 aromatic heterocycles. The van der Waals surface area contributed by atoms with Crippen LogP contribution in [0.5, 0.6) is 11.5 Å². The number of hydrogen-bond donors (Lipinski definition) is 3. The summed E-state index contributed by atoms with van der Waals surface area (Å²) in [6.07, 6.45) is 2.47. The Bertz CT molecular complexity index is 1760. The number of nitrogens with zero attached hydrogens (tertiary/aromatic N) is 1. The van der Waals surface area contributed by atoms with Crippen LogP contribution in [0.3, 0.4) is 0 Å². The summed E-state index contributed by atoms with van der Waals surface area (Å²) in [7, 11) is -4.29. The zero-order valence-corrected chi connectivity index (χ0v) is 34.6. The lowest BCUT2D eigenvalue weighted by Gasteiger charge is -2.28. The van der Waals surface area contributed by atoms with Crippen LogP contribution in [0, 0.1) is 12.3 Å². The number of terminal acetylenes is 1. The Morgan fingerprint density at radius 3 is 1.60 bits per heavy atom. The molecular formula is C41H53N4O12P. The van der Waals surface area contributed by atoms with Gasteiger partial charge in [-0.15, -0.1) is 6.42 Å². The van der Waals surface area contributed by atoms with E-state index in [0.29, 0.717) is 31.1 Å². The molecule has 0 radical (unpaired) electrons. The molecule has 0 spiro atoms. The van der Waals surface area contributed by atoms with E-state index in [0.717, 1.165) is 0 Å². The Kier molecular flexibility index (Phi) is 19.0. The first-order valence-corrected chi connectivity index (χ1v) is 20.0. The van der Waals surface area contributed by atoms with Gasteiger partial charge in [0.25, 0.3) is 0 Å². The molecule has 0 saturated heterocycles. The fraction of sp³-hybridized carbons (Fsp3) is 0.415. The first kappa shape index (κ1) is 46.8. The van der Waals surface area contributed by atoms with E-state index in [4.69, 9.17) is 43.9 Å². The highest BCUT2D eigenvalue weighted by atomic mass is 31.2. The van der Waals surface area contributed by atoms with Crippen LogP contribution in [-0.4, -0.2) is 87.5 Å². The number of carbonyl (C=O) groups excluding carboxylic acids is 3. The largest absolute Gasteiger partial charge is 0.453 e. The third-order valence-corrected chi connectivity index (χ3v) is 8.86.